The number of rotatable bonds is 7. The van der Waals surface area contributed by atoms with Crippen molar-refractivity contribution in [3.8, 4) is 5.75 Å². The Balaban J connectivity index is 2.25. The summed E-state index contributed by atoms with van der Waals surface area (Å²) in [5, 5.41) is 10.1. The maximum Gasteiger partial charge on any atom is 0.337 e. The Kier molecular flexibility index (Phi) is 6.56. The standard InChI is InChI=1S/C26H34O4/c1-7-20(17-10-11-17)23(19-12-13-21-18(15-19)9-8-14-29-21)22(16(2)3)24(25(27)28)30-26(4,5)6/h7,12-13,15,17,24H,2,8-11,14H2,1,3-6H3,(H,27,28). The minimum atomic E-state index is -1.08. The highest BCUT2D eigenvalue weighted by molar-refractivity contribution is 5.91. The van der Waals surface area contributed by atoms with Crippen LogP contribution in [0.25, 0.3) is 5.57 Å². The van der Waals surface area contributed by atoms with Crippen molar-refractivity contribution in [1.29, 1.82) is 0 Å². The first-order valence-corrected chi connectivity index (χ1v) is 10.9. The van der Waals surface area contributed by atoms with Gasteiger partial charge in [-0.25, -0.2) is 4.79 Å². The molecule has 0 bridgehead atoms. The molecule has 0 spiro atoms. The zero-order chi connectivity index (χ0) is 22.1. The Morgan fingerprint density at radius 2 is 2.03 bits per heavy atom. The first-order chi connectivity index (χ1) is 14.1. The van der Waals surface area contributed by atoms with Crippen LogP contribution in [0.4, 0.5) is 0 Å². The molecule has 0 aromatic heterocycles. The summed E-state index contributed by atoms with van der Waals surface area (Å²) in [6.07, 6.45) is 5.25. The fourth-order valence-electron chi connectivity index (χ4n) is 4.13. The Morgan fingerprint density at radius 3 is 2.57 bits per heavy atom. The van der Waals surface area contributed by atoms with Crippen LogP contribution in [-0.2, 0) is 16.0 Å². The number of carboxylic acid groups (broad SMARTS) is 1. The summed E-state index contributed by atoms with van der Waals surface area (Å²) in [7, 11) is 0. The Labute approximate surface area is 180 Å². The number of aryl methyl sites for hydroxylation is 1. The van der Waals surface area contributed by atoms with Crippen LogP contribution in [0.5, 0.6) is 5.75 Å². The molecule has 0 amide bonds. The van der Waals surface area contributed by atoms with Gasteiger partial charge in [0.05, 0.1) is 12.2 Å². The van der Waals surface area contributed by atoms with Gasteiger partial charge in [0.1, 0.15) is 5.75 Å². The summed E-state index contributed by atoms with van der Waals surface area (Å²) in [6, 6.07) is 6.22. The molecule has 1 heterocycles. The van der Waals surface area contributed by atoms with Crippen molar-refractivity contribution in [3.05, 3.63) is 58.7 Å². The zero-order valence-corrected chi connectivity index (χ0v) is 18.9. The summed E-state index contributed by atoms with van der Waals surface area (Å²) in [5.74, 6) is 0.388. The van der Waals surface area contributed by atoms with E-state index < -0.39 is 17.7 Å². The maximum atomic E-state index is 12.3. The lowest BCUT2D eigenvalue weighted by Crippen LogP contribution is -2.35. The molecule has 1 aromatic rings. The normalized spacial score (nSPS) is 18.8. The van der Waals surface area contributed by atoms with E-state index in [1.807, 2.05) is 46.8 Å². The Hall–Kier alpha value is -2.33. The van der Waals surface area contributed by atoms with Crippen LogP contribution in [0.15, 0.2) is 47.6 Å². The third-order valence-electron chi connectivity index (χ3n) is 5.50. The molecule has 30 heavy (non-hydrogen) atoms. The van der Waals surface area contributed by atoms with Crippen LogP contribution in [0.3, 0.4) is 0 Å². The lowest BCUT2D eigenvalue weighted by molar-refractivity contribution is -0.155. The Bertz CT molecular complexity index is 894. The highest BCUT2D eigenvalue weighted by Crippen LogP contribution is 2.46. The summed E-state index contributed by atoms with van der Waals surface area (Å²) >= 11 is 0. The van der Waals surface area contributed by atoms with E-state index in [0.29, 0.717) is 11.5 Å². The molecule has 1 N–H and O–H groups in total. The number of allylic oxidation sites excluding steroid dienone is 3. The second-order valence-corrected chi connectivity index (χ2v) is 9.31. The second-order valence-electron chi connectivity index (χ2n) is 9.31. The van der Waals surface area contributed by atoms with E-state index in [1.54, 1.807) is 0 Å². The van der Waals surface area contributed by atoms with E-state index in [0.717, 1.165) is 54.7 Å². The quantitative estimate of drug-likeness (QED) is 0.563. The molecule has 1 aliphatic carbocycles. The molecule has 162 valence electrons. The molecule has 3 rings (SSSR count). The van der Waals surface area contributed by atoms with Gasteiger partial charge in [-0.1, -0.05) is 24.3 Å². The number of carbonyl (C=O) groups is 1. The van der Waals surface area contributed by atoms with E-state index in [1.165, 1.54) is 11.1 Å². The van der Waals surface area contributed by atoms with Crippen LogP contribution in [0.2, 0.25) is 0 Å². The molecular weight excluding hydrogens is 376 g/mol. The van der Waals surface area contributed by atoms with E-state index in [-0.39, 0.29) is 0 Å². The first kappa shape index (κ1) is 22.4. The average molecular weight is 411 g/mol. The smallest absolute Gasteiger partial charge is 0.337 e. The predicted molar refractivity (Wildman–Crippen MR) is 121 cm³/mol. The third kappa shape index (κ3) is 5.04. The minimum Gasteiger partial charge on any atom is -0.493 e. The molecule has 1 saturated carbocycles. The number of hydrogen-bond acceptors (Lipinski definition) is 3. The van der Waals surface area contributed by atoms with Gasteiger partial charge >= 0.3 is 5.97 Å². The van der Waals surface area contributed by atoms with E-state index >= 15 is 0 Å². The van der Waals surface area contributed by atoms with Crippen molar-refractivity contribution in [2.24, 2.45) is 5.92 Å². The van der Waals surface area contributed by atoms with Crippen molar-refractivity contribution in [2.75, 3.05) is 6.61 Å². The SMILES string of the molecule is C=C(C)C(=C(C(=CC)C1CC1)c1ccc2c(c1)CCCO2)C(OC(C)(C)C)C(=O)O. The molecule has 0 saturated heterocycles. The van der Waals surface area contributed by atoms with Gasteiger partial charge in [0, 0.05) is 5.57 Å². The molecule has 1 aliphatic heterocycles. The van der Waals surface area contributed by atoms with E-state index in [2.05, 4.69) is 18.7 Å². The van der Waals surface area contributed by atoms with Crippen LogP contribution in [0, 0.1) is 5.92 Å². The van der Waals surface area contributed by atoms with Gasteiger partial charge in [-0.15, -0.1) is 0 Å². The van der Waals surface area contributed by atoms with Crippen LogP contribution < -0.4 is 4.74 Å². The molecule has 1 fully saturated rings. The molecule has 1 atom stereocenters. The predicted octanol–water partition coefficient (Wildman–Crippen LogP) is 5.97. The molecule has 1 unspecified atom stereocenters. The largest absolute Gasteiger partial charge is 0.493 e. The molecule has 2 aliphatic rings. The topological polar surface area (TPSA) is 55.8 Å². The van der Waals surface area contributed by atoms with E-state index in [4.69, 9.17) is 9.47 Å². The van der Waals surface area contributed by atoms with Gasteiger partial charge in [-0.2, -0.15) is 0 Å². The summed E-state index contributed by atoms with van der Waals surface area (Å²) < 4.78 is 11.9. The molecule has 4 heteroatoms. The highest BCUT2D eigenvalue weighted by Gasteiger charge is 2.36. The fraction of sp³-hybridized carbons (Fsp3) is 0.500. The molecule has 1 aromatic carbocycles. The van der Waals surface area contributed by atoms with Crippen molar-refractivity contribution in [2.45, 2.75) is 72.0 Å². The fourth-order valence-corrected chi connectivity index (χ4v) is 4.13. The van der Waals surface area contributed by atoms with Crippen molar-refractivity contribution in [1.82, 2.24) is 0 Å². The zero-order valence-electron chi connectivity index (χ0n) is 18.9. The van der Waals surface area contributed by atoms with Gasteiger partial charge in [0.15, 0.2) is 6.10 Å². The maximum absolute atomic E-state index is 12.3. The van der Waals surface area contributed by atoms with E-state index in [9.17, 15) is 9.90 Å². The van der Waals surface area contributed by atoms with Gasteiger partial charge in [-0.3, -0.25) is 0 Å². The van der Waals surface area contributed by atoms with Crippen molar-refractivity contribution < 1.29 is 19.4 Å². The number of hydrogen-bond donors (Lipinski definition) is 1. The number of benzene rings is 1. The lowest BCUT2D eigenvalue weighted by atomic mass is 9.84. The first-order valence-electron chi connectivity index (χ1n) is 10.9. The van der Waals surface area contributed by atoms with Crippen molar-refractivity contribution in [3.63, 3.8) is 0 Å². The molecule has 4 nitrogen and oxygen atoms in total. The number of ether oxygens (including phenoxy) is 2. The Morgan fingerprint density at radius 1 is 1.33 bits per heavy atom. The molecular formula is C26H34O4. The lowest BCUT2D eigenvalue weighted by Gasteiger charge is -2.30. The number of carboxylic acids is 1. The summed E-state index contributed by atoms with van der Waals surface area (Å²) in [5.41, 5.74) is 5.11. The average Bonchev–Trinajstić information content (AvgIpc) is 3.50. The summed E-state index contributed by atoms with van der Waals surface area (Å²) in [6.45, 7) is 14.5. The monoisotopic (exact) mass is 410 g/mol. The van der Waals surface area contributed by atoms with Crippen LogP contribution in [-0.4, -0.2) is 29.4 Å². The van der Waals surface area contributed by atoms with Crippen LogP contribution in [0.1, 0.15) is 65.0 Å². The van der Waals surface area contributed by atoms with Gasteiger partial charge in [-0.05, 0) is 101 Å². The number of fused-ring (bicyclic) bond motifs is 1. The number of aliphatic carboxylic acids is 1. The minimum absolute atomic E-state index is 0.454. The van der Waals surface area contributed by atoms with Crippen LogP contribution >= 0.6 is 0 Å². The highest BCUT2D eigenvalue weighted by atomic mass is 16.5. The van der Waals surface area contributed by atoms with Gasteiger partial charge < -0.3 is 14.6 Å². The van der Waals surface area contributed by atoms with Gasteiger partial charge in [0.25, 0.3) is 0 Å². The molecule has 0 radical (unpaired) electrons. The second kappa shape index (κ2) is 8.81. The van der Waals surface area contributed by atoms with Gasteiger partial charge in [0.2, 0.25) is 0 Å². The van der Waals surface area contributed by atoms with Crippen molar-refractivity contribution >= 4 is 11.5 Å². The summed E-state index contributed by atoms with van der Waals surface area (Å²) in [4.78, 5) is 12.3. The third-order valence-corrected chi connectivity index (χ3v) is 5.50.